The van der Waals surface area contributed by atoms with Crippen LogP contribution in [0.2, 0.25) is 0 Å². The molecule has 1 N–H and O–H groups in total. The highest BCUT2D eigenvalue weighted by atomic mass is 16.6. The van der Waals surface area contributed by atoms with E-state index >= 15 is 0 Å². The summed E-state index contributed by atoms with van der Waals surface area (Å²) in [5.74, 6) is -0.235. The third-order valence-corrected chi connectivity index (χ3v) is 9.37. The van der Waals surface area contributed by atoms with Gasteiger partial charge in [-0.05, 0) is 121 Å². The molecule has 3 rings (SSSR count). The van der Waals surface area contributed by atoms with Crippen molar-refractivity contribution in [3.63, 3.8) is 0 Å². The first-order valence-corrected chi connectivity index (χ1v) is 19.1. The summed E-state index contributed by atoms with van der Waals surface area (Å²) in [5, 5.41) is 2.64. The van der Waals surface area contributed by atoms with Crippen LogP contribution >= 0.6 is 0 Å². The molecule has 3 aliphatic rings. The number of ether oxygens (including phenoxy) is 4. The Hall–Kier alpha value is -2.93. The van der Waals surface area contributed by atoms with Gasteiger partial charge in [0.2, 0.25) is 11.9 Å². The molecular weight excluding hydrogens is 654 g/mol. The molecule has 2 atom stereocenters. The van der Waals surface area contributed by atoms with Crippen LogP contribution in [-0.4, -0.2) is 119 Å². The molecule has 51 heavy (non-hydrogen) atoms. The van der Waals surface area contributed by atoms with Crippen molar-refractivity contribution >= 4 is 30.0 Å². The summed E-state index contributed by atoms with van der Waals surface area (Å²) in [6.45, 7) is 18.3. The van der Waals surface area contributed by atoms with Crippen LogP contribution < -0.4 is 5.32 Å². The number of nitrogens with zero attached hydrogens (tertiary/aromatic N) is 4. The first-order chi connectivity index (χ1) is 23.7. The lowest BCUT2D eigenvalue weighted by Gasteiger charge is -2.42. The number of likely N-dealkylation sites (tertiary alicyclic amines) is 2. The summed E-state index contributed by atoms with van der Waals surface area (Å²) in [4.78, 5) is 62.6. The van der Waals surface area contributed by atoms with Gasteiger partial charge in [0.1, 0.15) is 16.8 Å². The summed E-state index contributed by atoms with van der Waals surface area (Å²) < 4.78 is 22.8. The Balaban J connectivity index is 1.61. The summed E-state index contributed by atoms with van der Waals surface area (Å²) in [6, 6.07) is -0.237. The summed E-state index contributed by atoms with van der Waals surface area (Å²) >= 11 is 0. The Labute approximate surface area is 306 Å². The number of carbonyl (C=O) groups excluding carboxylic acids is 4. The van der Waals surface area contributed by atoms with Gasteiger partial charge in [0.05, 0.1) is 18.6 Å². The van der Waals surface area contributed by atoms with Gasteiger partial charge >= 0.3 is 18.2 Å². The maximum absolute atomic E-state index is 14.3. The number of hydrogen-bond donors (Lipinski definition) is 1. The van der Waals surface area contributed by atoms with Gasteiger partial charge in [0.15, 0.2) is 0 Å². The lowest BCUT2D eigenvalue weighted by atomic mass is 9.92. The van der Waals surface area contributed by atoms with Crippen LogP contribution in [0, 0.1) is 0 Å². The molecule has 13 nitrogen and oxygen atoms in total. The Morgan fingerprint density at radius 1 is 0.765 bits per heavy atom. The van der Waals surface area contributed by atoms with E-state index in [9.17, 15) is 19.2 Å². The standard InChI is InChI=1S/C38H67N5O8/c1-36(2,3)49-31(44)26-30(41(10)27-16-12-11-13-17-27)32(45)43-22-15-14-18-28(43)21-25-48-29-19-23-42(24-20-29)33(39-34(46)50-37(4,5)6)40-35(47)51-38(7,8)9/h27-30H,11-26H2,1-10H3,(H,39,40,46,47)/t28-,30+/m1/s1. The number of amides is 3. The Bertz CT molecular complexity index is 1190. The molecular formula is C38H67N5O8. The molecule has 1 aliphatic carbocycles. The van der Waals surface area contributed by atoms with Crippen molar-refractivity contribution in [1.29, 1.82) is 0 Å². The number of alkyl carbamates (subject to hydrolysis) is 1. The van der Waals surface area contributed by atoms with E-state index in [1.165, 1.54) is 6.42 Å². The van der Waals surface area contributed by atoms with Crippen molar-refractivity contribution in [2.75, 3.05) is 33.3 Å². The smallest absolute Gasteiger partial charge is 0.437 e. The minimum Gasteiger partial charge on any atom is -0.460 e. The van der Waals surface area contributed by atoms with Crippen molar-refractivity contribution in [2.45, 2.75) is 180 Å². The van der Waals surface area contributed by atoms with Gasteiger partial charge in [-0.2, -0.15) is 0 Å². The fourth-order valence-electron chi connectivity index (χ4n) is 7.02. The van der Waals surface area contributed by atoms with E-state index in [1.807, 2.05) is 37.6 Å². The van der Waals surface area contributed by atoms with Gasteiger partial charge in [-0.3, -0.25) is 19.8 Å². The number of aliphatic imine (C=N–C) groups is 1. The lowest BCUT2D eigenvalue weighted by molar-refractivity contribution is -0.160. The average molecular weight is 722 g/mol. The van der Waals surface area contributed by atoms with Gasteiger partial charge in [-0.1, -0.05) is 19.3 Å². The highest BCUT2D eigenvalue weighted by Crippen LogP contribution is 2.28. The van der Waals surface area contributed by atoms with Crippen LogP contribution in [0.3, 0.4) is 0 Å². The highest BCUT2D eigenvalue weighted by molar-refractivity contribution is 5.99. The monoisotopic (exact) mass is 721 g/mol. The normalized spacial score (nSPS) is 20.9. The molecule has 0 unspecified atom stereocenters. The summed E-state index contributed by atoms with van der Waals surface area (Å²) in [5.41, 5.74) is -2.07. The van der Waals surface area contributed by atoms with E-state index in [4.69, 9.17) is 18.9 Å². The zero-order valence-corrected chi connectivity index (χ0v) is 33.2. The average Bonchev–Trinajstić information content (AvgIpc) is 3.01. The number of carbonyl (C=O) groups is 4. The molecule has 2 saturated heterocycles. The molecule has 0 aromatic heterocycles. The van der Waals surface area contributed by atoms with Crippen molar-refractivity contribution in [2.24, 2.45) is 4.99 Å². The first kappa shape index (κ1) is 42.5. The number of piperidine rings is 2. The number of guanidine groups is 1. The predicted octanol–water partition coefficient (Wildman–Crippen LogP) is 6.42. The Morgan fingerprint density at radius 2 is 1.35 bits per heavy atom. The minimum absolute atomic E-state index is 0.0150. The second kappa shape index (κ2) is 18.7. The van der Waals surface area contributed by atoms with Gasteiger partial charge in [0, 0.05) is 38.3 Å². The second-order valence-corrected chi connectivity index (χ2v) is 17.3. The Kier molecular flexibility index (Phi) is 15.6. The quantitative estimate of drug-likeness (QED) is 0.123. The molecule has 3 fully saturated rings. The summed E-state index contributed by atoms with van der Waals surface area (Å²) in [6.07, 6.45) is 9.05. The predicted molar refractivity (Wildman–Crippen MR) is 196 cm³/mol. The van der Waals surface area contributed by atoms with Crippen LogP contribution in [-0.2, 0) is 28.5 Å². The Morgan fingerprint density at radius 3 is 1.94 bits per heavy atom. The maximum Gasteiger partial charge on any atom is 0.437 e. The van der Waals surface area contributed by atoms with Crippen molar-refractivity contribution in [1.82, 2.24) is 20.0 Å². The second-order valence-electron chi connectivity index (χ2n) is 17.3. The van der Waals surface area contributed by atoms with E-state index in [0.717, 1.165) is 44.9 Å². The number of likely N-dealkylation sites (N-methyl/N-ethyl adjacent to an activating group) is 1. The van der Waals surface area contributed by atoms with Gasteiger partial charge in [0.25, 0.3) is 0 Å². The van der Waals surface area contributed by atoms with E-state index in [-0.39, 0.29) is 42.4 Å². The largest absolute Gasteiger partial charge is 0.460 e. The summed E-state index contributed by atoms with van der Waals surface area (Å²) in [7, 11) is 2.00. The molecule has 0 radical (unpaired) electrons. The SMILES string of the molecule is CN(C1CCCCC1)[C@@H](CC(=O)OC(C)(C)C)C(=O)N1CCCC[C@@H]1CCOC1CCN(C(=NC(=O)OC(C)(C)C)NC(=O)OC(C)(C)C)CC1. The van der Waals surface area contributed by atoms with E-state index in [0.29, 0.717) is 45.5 Å². The number of rotatable bonds is 9. The minimum atomic E-state index is -0.795. The molecule has 1 saturated carbocycles. The van der Waals surface area contributed by atoms with Crippen molar-refractivity contribution in [3.05, 3.63) is 0 Å². The molecule has 0 aromatic carbocycles. The highest BCUT2D eigenvalue weighted by Gasteiger charge is 2.38. The number of esters is 1. The molecule has 3 amide bonds. The van der Waals surface area contributed by atoms with E-state index in [2.05, 4.69) is 15.2 Å². The van der Waals surface area contributed by atoms with Crippen LogP contribution in [0.4, 0.5) is 9.59 Å². The number of hydrogen-bond acceptors (Lipinski definition) is 9. The van der Waals surface area contributed by atoms with Crippen LogP contribution in [0.1, 0.15) is 139 Å². The van der Waals surface area contributed by atoms with E-state index in [1.54, 1.807) is 41.5 Å². The van der Waals surface area contributed by atoms with E-state index < -0.39 is 35.0 Å². The molecule has 292 valence electrons. The molecule has 13 heteroatoms. The fourth-order valence-corrected chi connectivity index (χ4v) is 7.02. The van der Waals surface area contributed by atoms with Gasteiger partial charge < -0.3 is 28.7 Å². The molecule has 2 aliphatic heterocycles. The van der Waals surface area contributed by atoms with Crippen molar-refractivity contribution in [3.8, 4) is 0 Å². The first-order valence-electron chi connectivity index (χ1n) is 19.1. The van der Waals surface area contributed by atoms with Crippen LogP contribution in [0.5, 0.6) is 0 Å². The zero-order chi connectivity index (χ0) is 38.0. The van der Waals surface area contributed by atoms with Gasteiger partial charge in [-0.15, -0.1) is 4.99 Å². The molecule has 0 bridgehead atoms. The van der Waals surface area contributed by atoms with Gasteiger partial charge in [-0.25, -0.2) is 9.59 Å². The lowest BCUT2D eigenvalue weighted by Crippen LogP contribution is -2.56. The molecule has 2 heterocycles. The zero-order valence-electron chi connectivity index (χ0n) is 33.2. The third kappa shape index (κ3) is 15.3. The van der Waals surface area contributed by atoms with Crippen LogP contribution in [0.15, 0.2) is 4.99 Å². The third-order valence-electron chi connectivity index (χ3n) is 9.37. The fraction of sp³-hybridized carbons (Fsp3) is 0.868. The maximum atomic E-state index is 14.3. The van der Waals surface area contributed by atoms with Crippen LogP contribution in [0.25, 0.3) is 0 Å². The molecule has 0 spiro atoms. The topological polar surface area (TPSA) is 139 Å². The number of nitrogens with one attached hydrogen (secondary N) is 1. The molecule has 0 aromatic rings. The van der Waals surface area contributed by atoms with Crippen molar-refractivity contribution < 1.29 is 38.1 Å².